The number of nitrogens with zero attached hydrogens (tertiary/aromatic N) is 4. The smallest absolute Gasteiger partial charge is 0.234 e. The molecule has 0 radical (unpaired) electrons. The predicted octanol–water partition coefficient (Wildman–Crippen LogP) is 5.33. The molecule has 0 spiro atoms. The third-order valence-corrected chi connectivity index (χ3v) is 5.82. The fourth-order valence-electron chi connectivity index (χ4n) is 3.06. The number of thioether (sulfide) groups is 1. The maximum absolute atomic E-state index is 12.6. The van der Waals surface area contributed by atoms with Gasteiger partial charge in [-0.2, -0.15) is 0 Å². The molecule has 0 fully saturated rings. The predicted molar refractivity (Wildman–Crippen MR) is 125 cm³/mol. The van der Waals surface area contributed by atoms with Crippen LogP contribution in [0.4, 0.5) is 5.69 Å². The Kier molecular flexibility index (Phi) is 6.34. The van der Waals surface area contributed by atoms with Crippen LogP contribution in [0.2, 0.25) is 5.02 Å². The average Bonchev–Trinajstić information content (AvgIpc) is 3.20. The van der Waals surface area contributed by atoms with Crippen LogP contribution in [0.15, 0.2) is 72.1 Å². The number of rotatable bonds is 6. The molecule has 0 aliphatic heterocycles. The Hall–Kier alpha value is -3.16. The molecule has 156 valence electrons. The molecule has 31 heavy (non-hydrogen) atoms. The summed E-state index contributed by atoms with van der Waals surface area (Å²) >= 11 is 7.39. The van der Waals surface area contributed by atoms with Gasteiger partial charge in [0, 0.05) is 34.4 Å². The molecule has 8 heteroatoms. The van der Waals surface area contributed by atoms with Crippen LogP contribution in [0.5, 0.6) is 0 Å². The highest BCUT2D eigenvalue weighted by Gasteiger charge is 2.17. The monoisotopic (exact) mass is 449 g/mol. The third-order valence-electron chi connectivity index (χ3n) is 4.64. The Morgan fingerprint density at radius 2 is 1.90 bits per heavy atom. The Bertz CT molecular complexity index is 1210. The zero-order valence-corrected chi connectivity index (χ0v) is 18.6. The van der Waals surface area contributed by atoms with Crippen molar-refractivity contribution in [3.63, 3.8) is 0 Å². The van der Waals surface area contributed by atoms with Gasteiger partial charge in [-0.25, -0.2) is 0 Å². The molecule has 0 aliphatic rings. The van der Waals surface area contributed by atoms with E-state index in [0.717, 1.165) is 28.1 Å². The van der Waals surface area contributed by atoms with Gasteiger partial charge >= 0.3 is 0 Å². The van der Waals surface area contributed by atoms with E-state index in [4.69, 9.17) is 11.6 Å². The number of carbonyl (C=O) groups excluding carboxylic acids is 1. The first-order valence-corrected chi connectivity index (χ1v) is 11.0. The van der Waals surface area contributed by atoms with E-state index in [1.165, 1.54) is 11.8 Å². The standard InChI is InChI=1S/C23H20ClN5OS/c1-15-5-6-16(2)20(12-15)26-21(30)14-31-23-28-27-22(17-4-3-11-25-13-17)29(23)19-9-7-18(24)8-10-19/h3-13H,14H2,1-2H3,(H,26,30). The number of hydrogen-bond donors (Lipinski definition) is 1. The van der Waals surface area contributed by atoms with Crippen molar-refractivity contribution in [2.45, 2.75) is 19.0 Å². The summed E-state index contributed by atoms with van der Waals surface area (Å²) in [5.74, 6) is 0.742. The molecule has 2 aromatic heterocycles. The number of anilines is 1. The first kappa shape index (κ1) is 21.1. The fraction of sp³-hybridized carbons (Fsp3) is 0.130. The zero-order valence-electron chi connectivity index (χ0n) is 17.0. The maximum atomic E-state index is 12.6. The summed E-state index contributed by atoms with van der Waals surface area (Å²) in [7, 11) is 0. The van der Waals surface area contributed by atoms with Crippen LogP contribution in [0.1, 0.15) is 11.1 Å². The largest absolute Gasteiger partial charge is 0.325 e. The highest BCUT2D eigenvalue weighted by atomic mass is 35.5. The summed E-state index contributed by atoms with van der Waals surface area (Å²) in [6.45, 7) is 3.97. The van der Waals surface area contributed by atoms with Crippen LogP contribution >= 0.6 is 23.4 Å². The second-order valence-corrected chi connectivity index (χ2v) is 8.39. The van der Waals surface area contributed by atoms with Gasteiger partial charge in [-0.1, -0.05) is 35.5 Å². The summed E-state index contributed by atoms with van der Waals surface area (Å²) in [5, 5.41) is 12.9. The van der Waals surface area contributed by atoms with E-state index < -0.39 is 0 Å². The van der Waals surface area contributed by atoms with Crippen molar-refractivity contribution in [1.29, 1.82) is 0 Å². The minimum absolute atomic E-state index is 0.104. The molecule has 4 aromatic rings. The second kappa shape index (κ2) is 9.32. The molecule has 0 unspecified atom stereocenters. The first-order valence-electron chi connectivity index (χ1n) is 9.63. The van der Waals surface area contributed by atoms with E-state index in [9.17, 15) is 4.79 Å². The van der Waals surface area contributed by atoms with Crippen molar-refractivity contribution in [3.05, 3.63) is 83.1 Å². The van der Waals surface area contributed by atoms with Gasteiger partial charge in [0.25, 0.3) is 0 Å². The molecule has 6 nitrogen and oxygen atoms in total. The van der Waals surface area contributed by atoms with Gasteiger partial charge in [0.15, 0.2) is 11.0 Å². The van der Waals surface area contributed by atoms with Crippen molar-refractivity contribution in [2.75, 3.05) is 11.1 Å². The van der Waals surface area contributed by atoms with Gasteiger partial charge < -0.3 is 5.32 Å². The summed E-state index contributed by atoms with van der Waals surface area (Å²) in [6, 6.07) is 17.2. The molecule has 2 heterocycles. The summed E-state index contributed by atoms with van der Waals surface area (Å²) in [5.41, 5.74) is 4.62. The number of aryl methyl sites for hydroxylation is 2. The summed E-state index contributed by atoms with van der Waals surface area (Å²) < 4.78 is 1.91. The van der Waals surface area contributed by atoms with Crippen LogP contribution in [-0.2, 0) is 4.79 Å². The van der Waals surface area contributed by atoms with Crippen LogP contribution in [0.25, 0.3) is 17.1 Å². The molecule has 0 saturated heterocycles. The van der Waals surface area contributed by atoms with E-state index in [-0.39, 0.29) is 11.7 Å². The van der Waals surface area contributed by atoms with Gasteiger partial charge in [-0.3, -0.25) is 14.3 Å². The minimum Gasteiger partial charge on any atom is -0.325 e. The topological polar surface area (TPSA) is 72.7 Å². The lowest BCUT2D eigenvalue weighted by molar-refractivity contribution is -0.113. The molecule has 4 rings (SSSR count). The van der Waals surface area contributed by atoms with Crippen LogP contribution < -0.4 is 5.32 Å². The average molecular weight is 450 g/mol. The Morgan fingerprint density at radius 3 is 2.65 bits per heavy atom. The van der Waals surface area contributed by atoms with Gasteiger partial charge in [-0.05, 0) is 67.4 Å². The second-order valence-electron chi connectivity index (χ2n) is 7.01. The Balaban J connectivity index is 1.59. The van der Waals surface area contributed by atoms with E-state index >= 15 is 0 Å². The number of amides is 1. The molecule has 0 aliphatic carbocycles. The number of nitrogens with one attached hydrogen (secondary N) is 1. The van der Waals surface area contributed by atoms with E-state index in [1.54, 1.807) is 12.4 Å². The highest BCUT2D eigenvalue weighted by molar-refractivity contribution is 7.99. The SMILES string of the molecule is Cc1ccc(C)c(NC(=O)CSc2nnc(-c3cccnc3)n2-c2ccc(Cl)cc2)c1. The van der Waals surface area contributed by atoms with Crippen molar-refractivity contribution in [3.8, 4) is 17.1 Å². The number of benzene rings is 2. The molecular weight excluding hydrogens is 430 g/mol. The molecule has 0 bridgehead atoms. The van der Waals surface area contributed by atoms with E-state index in [1.807, 2.05) is 73.0 Å². The van der Waals surface area contributed by atoms with Crippen LogP contribution in [0.3, 0.4) is 0 Å². The number of hydrogen-bond acceptors (Lipinski definition) is 5. The minimum atomic E-state index is -0.104. The first-order chi connectivity index (χ1) is 15.0. The maximum Gasteiger partial charge on any atom is 0.234 e. The number of halogens is 1. The Morgan fingerprint density at radius 1 is 1.10 bits per heavy atom. The molecular formula is C23H20ClN5OS. The third kappa shape index (κ3) is 4.95. The van der Waals surface area contributed by atoms with Crippen molar-refractivity contribution in [1.82, 2.24) is 19.7 Å². The lowest BCUT2D eigenvalue weighted by Crippen LogP contribution is -2.15. The van der Waals surface area contributed by atoms with Crippen molar-refractivity contribution >= 4 is 35.0 Å². The summed E-state index contributed by atoms with van der Waals surface area (Å²) in [6.07, 6.45) is 3.44. The molecule has 2 aromatic carbocycles. The molecule has 0 atom stereocenters. The number of aromatic nitrogens is 4. The lowest BCUT2D eigenvalue weighted by Gasteiger charge is -2.11. The number of pyridine rings is 1. The summed E-state index contributed by atoms with van der Waals surface area (Å²) in [4.78, 5) is 16.8. The Labute approximate surface area is 189 Å². The van der Waals surface area contributed by atoms with Gasteiger partial charge in [-0.15, -0.1) is 10.2 Å². The number of carbonyl (C=O) groups is 1. The van der Waals surface area contributed by atoms with E-state index in [2.05, 4.69) is 20.5 Å². The van der Waals surface area contributed by atoms with E-state index in [0.29, 0.717) is 16.0 Å². The highest BCUT2D eigenvalue weighted by Crippen LogP contribution is 2.28. The van der Waals surface area contributed by atoms with Crippen LogP contribution in [-0.4, -0.2) is 31.4 Å². The van der Waals surface area contributed by atoms with Gasteiger partial charge in [0.2, 0.25) is 5.91 Å². The normalized spacial score (nSPS) is 10.8. The molecule has 1 amide bonds. The zero-order chi connectivity index (χ0) is 21.8. The van der Waals surface area contributed by atoms with Gasteiger partial charge in [0.05, 0.1) is 5.75 Å². The van der Waals surface area contributed by atoms with Crippen LogP contribution in [0, 0.1) is 13.8 Å². The lowest BCUT2D eigenvalue weighted by atomic mass is 10.1. The van der Waals surface area contributed by atoms with Gasteiger partial charge in [0.1, 0.15) is 0 Å². The van der Waals surface area contributed by atoms with Crippen molar-refractivity contribution < 1.29 is 4.79 Å². The molecule has 1 N–H and O–H groups in total. The molecule has 0 saturated carbocycles. The quantitative estimate of drug-likeness (QED) is 0.403. The van der Waals surface area contributed by atoms with Crippen molar-refractivity contribution in [2.24, 2.45) is 0 Å². The fourth-order valence-corrected chi connectivity index (χ4v) is 3.93.